The summed E-state index contributed by atoms with van der Waals surface area (Å²) in [6, 6.07) is 6.15. The predicted molar refractivity (Wildman–Crippen MR) is 114 cm³/mol. The van der Waals surface area contributed by atoms with E-state index in [4.69, 9.17) is 11.6 Å². The molecule has 0 spiro atoms. The molecule has 1 aliphatic rings. The van der Waals surface area contributed by atoms with Crippen molar-refractivity contribution in [2.45, 2.75) is 20.8 Å². The Kier molecular flexibility index (Phi) is 4.87. The van der Waals surface area contributed by atoms with Crippen LogP contribution in [0.3, 0.4) is 0 Å². The van der Waals surface area contributed by atoms with Crippen LogP contribution < -0.4 is 4.90 Å². The van der Waals surface area contributed by atoms with E-state index >= 15 is 0 Å². The second kappa shape index (κ2) is 7.64. The standard InChI is InChI=1S/C21H20N8/c1-5-28(6-2)15-7-8-16(14(3)11-15)26-19-20(22-4)27-29-18(13-25-21(19)29)17-12-23-9-10-24-17/h7-13H,5-6H2,1-3H3. The van der Waals surface area contributed by atoms with Crippen LogP contribution in [0.2, 0.25) is 0 Å². The first kappa shape index (κ1) is 18.5. The van der Waals surface area contributed by atoms with Crippen LogP contribution in [-0.2, 0) is 0 Å². The number of amidine groups is 1. The number of fused-ring (bicyclic) bond motifs is 1. The van der Waals surface area contributed by atoms with Gasteiger partial charge in [0.05, 0.1) is 18.1 Å². The van der Waals surface area contributed by atoms with Gasteiger partial charge in [0.1, 0.15) is 17.1 Å². The Balaban J connectivity index is 1.76. The van der Waals surface area contributed by atoms with Gasteiger partial charge in [-0.3, -0.25) is 15.0 Å². The molecule has 0 bridgehead atoms. The molecule has 0 atom stereocenters. The molecule has 3 aromatic rings. The lowest BCUT2D eigenvalue weighted by atomic mass is 10.1. The number of anilines is 1. The minimum Gasteiger partial charge on any atom is -0.372 e. The van der Waals surface area contributed by atoms with Crippen molar-refractivity contribution in [3.05, 3.63) is 65.8 Å². The Morgan fingerprint density at radius 2 is 1.97 bits per heavy atom. The van der Waals surface area contributed by atoms with Gasteiger partial charge in [0, 0.05) is 31.2 Å². The molecule has 0 N–H and O–H groups in total. The zero-order valence-corrected chi connectivity index (χ0v) is 16.5. The molecule has 29 heavy (non-hydrogen) atoms. The molecule has 0 fully saturated rings. The second-order valence-electron chi connectivity index (χ2n) is 6.51. The van der Waals surface area contributed by atoms with E-state index in [-0.39, 0.29) is 5.84 Å². The maximum absolute atomic E-state index is 7.52. The van der Waals surface area contributed by atoms with E-state index in [1.165, 1.54) is 0 Å². The van der Waals surface area contributed by atoms with Gasteiger partial charge >= 0.3 is 5.84 Å². The molecule has 2 aromatic heterocycles. The van der Waals surface area contributed by atoms with Crippen LogP contribution in [0, 0.1) is 13.5 Å². The van der Waals surface area contributed by atoms with Crippen LogP contribution in [-0.4, -0.2) is 44.3 Å². The number of aromatic nitrogens is 4. The monoisotopic (exact) mass is 384 g/mol. The fourth-order valence-electron chi connectivity index (χ4n) is 3.30. The van der Waals surface area contributed by atoms with E-state index in [0.717, 1.165) is 30.0 Å². The Labute approximate surface area is 169 Å². The zero-order chi connectivity index (χ0) is 20.4. The van der Waals surface area contributed by atoms with Crippen LogP contribution in [0.25, 0.3) is 16.2 Å². The maximum Gasteiger partial charge on any atom is 0.323 e. The smallest absolute Gasteiger partial charge is 0.323 e. The summed E-state index contributed by atoms with van der Waals surface area (Å²) in [5, 5.41) is 4.40. The molecule has 0 unspecified atom stereocenters. The molecule has 0 saturated heterocycles. The van der Waals surface area contributed by atoms with E-state index in [9.17, 15) is 0 Å². The van der Waals surface area contributed by atoms with Gasteiger partial charge in [-0.1, -0.05) is 6.57 Å². The van der Waals surface area contributed by atoms with Crippen molar-refractivity contribution in [1.29, 1.82) is 0 Å². The number of aliphatic imine (C=N–C) groups is 1. The van der Waals surface area contributed by atoms with Crippen LogP contribution in [0.1, 0.15) is 25.2 Å². The number of hydrogen-bond acceptors (Lipinski definition) is 6. The summed E-state index contributed by atoms with van der Waals surface area (Å²) >= 11 is 0. The summed E-state index contributed by atoms with van der Waals surface area (Å²) in [5.41, 5.74) is 4.77. The molecule has 1 aliphatic heterocycles. The molecular formula is C21H20N8. The first-order valence-corrected chi connectivity index (χ1v) is 9.41. The summed E-state index contributed by atoms with van der Waals surface area (Å²) < 4.78 is 1.61. The van der Waals surface area contributed by atoms with Gasteiger partial charge in [-0.05, 0) is 49.6 Å². The lowest BCUT2D eigenvalue weighted by molar-refractivity contribution is 0.865. The highest BCUT2D eigenvalue weighted by Gasteiger charge is 2.30. The molecule has 4 rings (SSSR count). The minimum absolute atomic E-state index is 0.213. The van der Waals surface area contributed by atoms with Crippen molar-refractivity contribution in [2.75, 3.05) is 18.0 Å². The molecule has 1 aromatic carbocycles. The summed E-state index contributed by atoms with van der Waals surface area (Å²) in [6.45, 7) is 15.7. The van der Waals surface area contributed by atoms with E-state index < -0.39 is 0 Å². The third-order valence-corrected chi connectivity index (χ3v) is 4.83. The van der Waals surface area contributed by atoms with Crippen LogP contribution in [0.5, 0.6) is 0 Å². The molecule has 8 heteroatoms. The van der Waals surface area contributed by atoms with E-state index in [1.807, 2.05) is 13.0 Å². The van der Waals surface area contributed by atoms with Gasteiger partial charge in [0.25, 0.3) is 0 Å². The van der Waals surface area contributed by atoms with Crippen molar-refractivity contribution in [3.63, 3.8) is 0 Å². The third-order valence-electron chi connectivity index (χ3n) is 4.83. The number of imidazole rings is 1. The highest BCUT2D eigenvalue weighted by Crippen LogP contribution is 2.28. The highest BCUT2D eigenvalue weighted by molar-refractivity contribution is 6.51. The van der Waals surface area contributed by atoms with Gasteiger partial charge in [-0.2, -0.15) is 0 Å². The third kappa shape index (κ3) is 3.27. The van der Waals surface area contributed by atoms with Crippen molar-refractivity contribution < 1.29 is 0 Å². The normalized spacial score (nSPS) is 13.9. The molecule has 8 nitrogen and oxygen atoms in total. The Bertz CT molecular complexity index is 1150. The average Bonchev–Trinajstić information content (AvgIpc) is 3.31. The summed E-state index contributed by atoms with van der Waals surface area (Å²) in [5.74, 6) is 0.745. The van der Waals surface area contributed by atoms with Crippen LogP contribution in [0.4, 0.5) is 11.4 Å². The van der Waals surface area contributed by atoms with E-state index in [1.54, 1.807) is 29.5 Å². The summed E-state index contributed by atoms with van der Waals surface area (Å²) in [7, 11) is 0. The molecule has 0 saturated carbocycles. The Hall–Kier alpha value is -3.86. The van der Waals surface area contributed by atoms with Gasteiger partial charge in [0.15, 0.2) is 5.82 Å². The second-order valence-corrected chi connectivity index (χ2v) is 6.51. The van der Waals surface area contributed by atoms with Crippen LogP contribution in [0.15, 0.2) is 53.1 Å². The predicted octanol–water partition coefficient (Wildman–Crippen LogP) is 3.71. The van der Waals surface area contributed by atoms with Crippen molar-refractivity contribution in [3.8, 4) is 11.4 Å². The summed E-state index contributed by atoms with van der Waals surface area (Å²) in [6.07, 6.45) is 6.54. The molecule has 144 valence electrons. The SMILES string of the molecule is [C-]#[N+]C1=Nn2c(-c3cnccn3)cnc2C1=Nc1ccc(N(CC)CC)cc1C. The average molecular weight is 384 g/mol. The number of aryl methyl sites for hydroxylation is 1. The fraction of sp³-hybridized carbons (Fsp3) is 0.238. The molecule has 3 heterocycles. The van der Waals surface area contributed by atoms with Crippen molar-refractivity contribution >= 4 is 22.9 Å². The topological polar surface area (TPSA) is 75.9 Å². The largest absolute Gasteiger partial charge is 0.372 e. The maximum atomic E-state index is 7.52. The lowest BCUT2D eigenvalue weighted by Crippen LogP contribution is -2.21. The van der Waals surface area contributed by atoms with Gasteiger partial charge in [-0.25, -0.2) is 4.98 Å². The van der Waals surface area contributed by atoms with Crippen molar-refractivity contribution in [2.24, 2.45) is 10.1 Å². The van der Waals surface area contributed by atoms with Crippen molar-refractivity contribution in [1.82, 2.24) is 19.6 Å². The first-order chi connectivity index (χ1) is 14.2. The number of rotatable bonds is 5. The van der Waals surface area contributed by atoms with Gasteiger partial charge in [-0.15, -0.1) is 4.68 Å². The summed E-state index contributed by atoms with van der Waals surface area (Å²) in [4.78, 5) is 23.4. The molecule has 0 aliphatic carbocycles. The van der Waals surface area contributed by atoms with Gasteiger partial charge < -0.3 is 9.74 Å². The van der Waals surface area contributed by atoms with E-state index in [0.29, 0.717) is 22.9 Å². The van der Waals surface area contributed by atoms with E-state index in [2.05, 4.69) is 55.8 Å². The minimum atomic E-state index is 0.213. The molecule has 0 radical (unpaired) electrons. The highest BCUT2D eigenvalue weighted by atomic mass is 15.4. The quantitative estimate of drug-likeness (QED) is 0.629. The zero-order valence-electron chi connectivity index (χ0n) is 16.5. The number of nitrogens with zero attached hydrogens (tertiary/aromatic N) is 8. The number of hydrogen-bond donors (Lipinski definition) is 0. The van der Waals surface area contributed by atoms with Crippen LogP contribution >= 0.6 is 0 Å². The Morgan fingerprint density at radius 1 is 1.14 bits per heavy atom. The van der Waals surface area contributed by atoms with Gasteiger partial charge in [0.2, 0.25) is 0 Å². The number of benzene rings is 1. The Morgan fingerprint density at radius 3 is 2.62 bits per heavy atom. The molecule has 0 amide bonds. The first-order valence-electron chi connectivity index (χ1n) is 9.41. The lowest BCUT2D eigenvalue weighted by Gasteiger charge is -2.21. The fourth-order valence-corrected chi connectivity index (χ4v) is 3.30. The molecular weight excluding hydrogens is 364 g/mol.